The number of ether oxygens (including phenoxy) is 2. The van der Waals surface area contributed by atoms with Crippen LogP contribution < -0.4 is 5.73 Å². The Bertz CT molecular complexity index is 209. The fourth-order valence-electron chi connectivity index (χ4n) is 2.63. The first-order valence-electron chi connectivity index (χ1n) is 6.09. The number of piperidine rings is 1. The van der Waals surface area contributed by atoms with Gasteiger partial charge in [-0.15, -0.1) is 0 Å². The summed E-state index contributed by atoms with van der Waals surface area (Å²) in [7, 11) is 3.35. The number of likely N-dealkylation sites (tertiary alicyclic amines) is 1. The van der Waals surface area contributed by atoms with E-state index in [1.807, 2.05) is 0 Å². The highest BCUT2D eigenvalue weighted by Crippen LogP contribution is 2.27. The molecule has 96 valence electrons. The zero-order valence-corrected chi connectivity index (χ0v) is 11.0. The van der Waals surface area contributed by atoms with Crippen molar-refractivity contribution >= 4 is 0 Å². The third kappa shape index (κ3) is 2.74. The predicted molar refractivity (Wildman–Crippen MR) is 65.2 cm³/mol. The van der Waals surface area contributed by atoms with E-state index in [2.05, 4.69) is 18.7 Å². The van der Waals surface area contributed by atoms with E-state index in [4.69, 9.17) is 15.2 Å². The molecule has 1 fully saturated rings. The minimum atomic E-state index is -0.261. The largest absolute Gasteiger partial charge is 0.354 e. The molecular formula is C12H26N2O2. The van der Waals surface area contributed by atoms with Crippen molar-refractivity contribution in [1.29, 1.82) is 0 Å². The summed E-state index contributed by atoms with van der Waals surface area (Å²) in [5.74, 6) is 0.731. The molecule has 0 bridgehead atoms. The third-order valence-electron chi connectivity index (χ3n) is 3.73. The highest BCUT2D eigenvalue weighted by Gasteiger charge is 2.40. The van der Waals surface area contributed by atoms with Crippen LogP contribution in [0, 0.1) is 5.92 Å². The van der Waals surface area contributed by atoms with Crippen molar-refractivity contribution in [2.75, 3.05) is 33.9 Å². The maximum Gasteiger partial charge on any atom is 0.176 e. The molecule has 0 spiro atoms. The normalized spacial score (nSPS) is 27.0. The van der Waals surface area contributed by atoms with Gasteiger partial charge in [0.05, 0.1) is 5.54 Å². The van der Waals surface area contributed by atoms with Crippen LogP contribution in [0.4, 0.5) is 0 Å². The second-order valence-electron chi connectivity index (χ2n) is 5.06. The molecule has 0 aromatic carbocycles. The van der Waals surface area contributed by atoms with Gasteiger partial charge in [0.1, 0.15) is 0 Å². The van der Waals surface area contributed by atoms with Crippen molar-refractivity contribution < 1.29 is 9.47 Å². The van der Waals surface area contributed by atoms with Crippen LogP contribution in [0.1, 0.15) is 26.7 Å². The van der Waals surface area contributed by atoms with Gasteiger partial charge in [-0.05, 0) is 32.2 Å². The lowest BCUT2D eigenvalue weighted by atomic mass is 9.91. The van der Waals surface area contributed by atoms with Gasteiger partial charge in [-0.25, -0.2) is 0 Å². The second kappa shape index (κ2) is 5.96. The van der Waals surface area contributed by atoms with Crippen molar-refractivity contribution in [3.8, 4) is 0 Å². The van der Waals surface area contributed by atoms with E-state index in [0.717, 1.165) is 19.0 Å². The number of methoxy groups -OCH3 is 2. The Morgan fingerprint density at radius 2 is 2.06 bits per heavy atom. The molecule has 0 saturated carbocycles. The Kier molecular flexibility index (Phi) is 5.18. The van der Waals surface area contributed by atoms with Crippen LogP contribution in [-0.4, -0.2) is 50.6 Å². The molecule has 4 heteroatoms. The molecule has 1 heterocycles. The first-order chi connectivity index (χ1) is 7.58. The van der Waals surface area contributed by atoms with Crippen LogP contribution in [0.2, 0.25) is 0 Å². The highest BCUT2D eigenvalue weighted by atomic mass is 16.7. The van der Waals surface area contributed by atoms with E-state index in [-0.39, 0.29) is 11.8 Å². The fourth-order valence-corrected chi connectivity index (χ4v) is 2.63. The van der Waals surface area contributed by atoms with E-state index >= 15 is 0 Å². The fraction of sp³-hybridized carbons (Fsp3) is 1.00. The molecule has 0 radical (unpaired) electrons. The number of hydrogen-bond donors (Lipinski definition) is 1. The Morgan fingerprint density at radius 3 is 2.50 bits per heavy atom. The minimum absolute atomic E-state index is 0.224. The van der Waals surface area contributed by atoms with Gasteiger partial charge in [0.25, 0.3) is 0 Å². The van der Waals surface area contributed by atoms with Gasteiger partial charge in [0.15, 0.2) is 6.29 Å². The van der Waals surface area contributed by atoms with Crippen LogP contribution >= 0.6 is 0 Å². The molecule has 16 heavy (non-hydrogen) atoms. The van der Waals surface area contributed by atoms with Crippen LogP contribution in [0.25, 0.3) is 0 Å². The van der Waals surface area contributed by atoms with Gasteiger partial charge in [0, 0.05) is 27.3 Å². The van der Waals surface area contributed by atoms with Crippen molar-refractivity contribution in [1.82, 2.24) is 4.90 Å². The number of nitrogens with zero attached hydrogens (tertiary/aromatic N) is 1. The van der Waals surface area contributed by atoms with Gasteiger partial charge in [-0.2, -0.15) is 0 Å². The van der Waals surface area contributed by atoms with Gasteiger partial charge < -0.3 is 15.2 Å². The first kappa shape index (κ1) is 13.9. The molecule has 0 aromatic heterocycles. The molecule has 0 amide bonds. The predicted octanol–water partition coefficient (Wildman–Crippen LogP) is 1.05. The Labute approximate surface area is 99.1 Å². The smallest absolute Gasteiger partial charge is 0.176 e. The maximum absolute atomic E-state index is 5.93. The van der Waals surface area contributed by atoms with E-state index in [9.17, 15) is 0 Å². The Hall–Kier alpha value is -0.160. The summed E-state index contributed by atoms with van der Waals surface area (Å²) < 4.78 is 10.8. The SMILES string of the molecule is COC(OC)C(C)(CN)N1CCCC(C)C1. The van der Waals surface area contributed by atoms with Gasteiger partial charge >= 0.3 is 0 Å². The van der Waals surface area contributed by atoms with Crippen molar-refractivity contribution in [3.63, 3.8) is 0 Å². The summed E-state index contributed by atoms with van der Waals surface area (Å²) in [6.45, 7) is 7.13. The Morgan fingerprint density at radius 1 is 1.44 bits per heavy atom. The van der Waals surface area contributed by atoms with Crippen LogP contribution in [0.15, 0.2) is 0 Å². The molecule has 4 nitrogen and oxygen atoms in total. The van der Waals surface area contributed by atoms with Crippen LogP contribution in [0.5, 0.6) is 0 Å². The van der Waals surface area contributed by atoms with E-state index < -0.39 is 0 Å². The first-order valence-corrected chi connectivity index (χ1v) is 6.09. The summed E-state index contributed by atoms with van der Waals surface area (Å²) in [5, 5.41) is 0. The average Bonchev–Trinajstić information content (AvgIpc) is 2.30. The molecule has 2 atom stereocenters. The van der Waals surface area contributed by atoms with Crippen molar-refractivity contribution in [2.24, 2.45) is 11.7 Å². The minimum Gasteiger partial charge on any atom is -0.354 e. The molecule has 1 saturated heterocycles. The molecule has 2 N–H and O–H groups in total. The topological polar surface area (TPSA) is 47.7 Å². The monoisotopic (exact) mass is 230 g/mol. The van der Waals surface area contributed by atoms with E-state index in [1.54, 1.807) is 14.2 Å². The number of rotatable bonds is 5. The number of hydrogen-bond acceptors (Lipinski definition) is 4. The summed E-state index contributed by atoms with van der Waals surface area (Å²) in [6, 6.07) is 0. The highest BCUT2D eigenvalue weighted by molar-refractivity contribution is 4.93. The summed E-state index contributed by atoms with van der Waals surface area (Å²) >= 11 is 0. The van der Waals surface area contributed by atoms with E-state index in [0.29, 0.717) is 6.54 Å². The molecule has 1 aliphatic heterocycles. The van der Waals surface area contributed by atoms with E-state index in [1.165, 1.54) is 12.8 Å². The molecule has 0 aromatic rings. The van der Waals surface area contributed by atoms with Crippen molar-refractivity contribution in [2.45, 2.75) is 38.5 Å². The van der Waals surface area contributed by atoms with Crippen LogP contribution in [-0.2, 0) is 9.47 Å². The summed E-state index contributed by atoms with van der Waals surface area (Å²) in [6.07, 6.45) is 2.28. The third-order valence-corrected chi connectivity index (χ3v) is 3.73. The van der Waals surface area contributed by atoms with Gasteiger partial charge in [-0.3, -0.25) is 4.90 Å². The lowest BCUT2D eigenvalue weighted by molar-refractivity contribution is -0.185. The quantitative estimate of drug-likeness (QED) is 0.717. The molecule has 1 aliphatic rings. The lowest BCUT2D eigenvalue weighted by Gasteiger charge is -2.47. The maximum atomic E-state index is 5.93. The second-order valence-corrected chi connectivity index (χ2v) is 5.06. The average molecular weight is 230 g/mol. The molecule has 1 rings (SSSR count). The van der Waals surface area contributed by atoms with Crippen LogP contribution in [0.3, 0.4) is 0 Å². The summed E-state index contributed by atoms with van der Waals surface area (Å²) in [4.78, 5) is 2.42. The zero-order valence-electron chi connectivity index (χ0n) is 11.0. The zero-order chi connectivity index (χ0) is 12.2. The van der Waals surface area contributed by atoms with Crippen molar-refractivity contribution in [3.05, 3.63) is 0 Å². The Balaban J connectivity index is 2.76. The number of nitrogens with two attached hydrogens (primary N) is 1. The lowest BCUT2D eigenvalue weighted by Crippen LogP contribution is -2.62. The molecular weight excluding hydrogens is 204 g/mol. The molecule has 2 unspecified atom stereocenters. The standard InChI is InChI=1S/C12H26N2O2/c1-10-6-5-7-14(8-10)12(2,9-13)11(15-3)16-4/h10-11H,5-9,13H2,1-4H3. The molecule has 0 aliphatic carbocycles. The van der Waals surface area contributed by atoms with Gasteiger partial charge in [-0.1, -0.05) is 6.92 Å². The summed E-state index contributed by atoms with van der Waals surface area (Å²) in [5.41, 5.74) is 5.71. The van der Waals surface area contributed by atoms with Gasteiger partial charge in [0.2, 0.25) is 0 Å².